The van der Waals surface area contributed by atoms with E-state index in [1.165, 1.54) is 47.8 Å². The Morgan fingerprint density at radius 2 is 1.53 bits per heavy atom. The van der Waals surface area contributed by atoms with Crippen LogP contribution in [0.4, 0.5) is 5.69 Å². The van der Waals surface area contributed by atoms with Crippen molar-refractivity contribution >= 4 is 31.7 Å². The van der Waals surface area contributed by atoms with Gasteiger partial charge in [-0.05, 0) is 61.4 Å². The van der Waals surface area contributed by atoms with Crippen molar-refractivity contribution in [2.75, 3.05) is 24.9 Å². The monoisotopic (exact) mass is 454 g/mol. The molecular formula is C20H26N2O6S2. The van der Waals surface area contributed by atoms with Crippen LogP contribution in [0.5, 0.6) is 0 Å². The van der Waals surface area contributed by atoms with Gasteiger partial charge in [0.15, 0.2) is 0 Å². The third-order valence-corrected chi connectivity index (χ3v) is 8.22. The van der Waals surface area contributed by atoms with Crippen LogP contribution in [0, 0.1) is 13.8 Å². The molecule has 0 saturated carbocycles. The maximum atomic E-state index is 12.9. The average Bonchev–Trinajstić information content (AvgIpc) is 2.71. The van der Waals surface area contributed by atoms with Crippen LogP contribution in [0.3, 0.4) is 0 Å². The quantitative estimate of drug-likeness (QED) is 0.614. The van der Waals surface area contributed by atoms with Crippen LogP contribution in [0.1, 0.15) is 35.3 Å². The van der Waals surface area contributed by atoms with Gasteiger partial charge in [0.05, 0.1) is 28.2 Å². The number of aryl methyl sites for hydroxylation is 1. The number of rotatable bonds is 8. The van der Waals surface area contributed by atoms with E-state index < -0.39 is 26.0 Å². The molecular weight excluding hydrogens is 428 g/mol. The van der Waals surface area contributed by atoms with Crippen LogP contribution in [0.15, 0.2) is 46.2 Å². The fourth-order valence-electron chi connectivity index (χ4n) is 2.89. The minimum atomic E-state index is -4.01. The second kappa shape index (κ2) is 9.15. The molecule has 10 heteroatoms. The lowest BCUT2D eigenvalue weighted by molar-refractivity contribution is 0.0600. The SMILES string of the molecule is CCN(CC)S(=O)(=O)c1cc(C)c(C)c(NS(=O)(=O)c2ccc(C(=O)OC)cc2)c1. The van der Waals surface area contributed by atoms with E-state index in [9.17, 15) is 21.6 Å². The Morgan fingerprint density at radius 3 is 2.03 bits per heavy atom. The van der Waals surface area contributed by atoms with Gasteiger partial charge >= 0.3 is 5.97 Å². The number of methoxy groups -OCH3 is 1. The Labute approximate surface area is 178 Å². The second-order valence-corrected chi connectivity index (χ2v) is 10.2. The molecule has 0 unspecified atom stereocenters. The van der Waals surface area contributed by atoms with E-state index in [1.807, 2.05) is 0 Å². The smallest absolute Gasteiger partial charge is 0.337 e. The summed E-state index contributed by atoms with van der Waals surface area (Å²) < 4.78 is 59.8. The summed E-state index contributed by atoms with van der Waals surface area (Å²) in [4.78, 5) is 11.5. The van der Waals surface area contributed by atoms with Gasteiger partial charge in [0.25, 0.3) is 10.0 Å². The van der Waals surface area contributed by atoms with Crippen LogP contribution in [-0.4, -0.2) is 47.3 Å². The van der Waals surface area contributed by atoms with Crippen LogP contribution in [0.25, 0.3) is 0 Å². The summed E-state index contributed by atoms with van der Waals surface area (Å²) in [6.07, 6.45) is 0. The first-order valence-corrected chi connectivity index (χ1v) is 12.2. The maximum absolute atomic E-state index is 12.9. The average molecular weight is 455 g/mol. The molecule has 0 aromatic heterocycles. The van der Waals surface area contributed by atoms with E-state index in [-0.39, 0.29) is 21.0 Å². The van der Waals surface area contributed by atoms with E-state index in [4.69, 9.17) is 0 Å². The zero-order chi connectivity index (χ0) is 22.7. The molecule has 0 bridgehead atoms. The van der Waals surface area contributed by atoms with Crippen molar-refractivity contribution in [3.63, 3.8) is 0 Å². The molecule has 0 aliphatic carbocycles. The summed E-state index contributed by atoms with van der Waals surface area (Å²) in [6.45, 7) is 7.52. The summed E-state index contributed by atoms with van der Waals surface area (Å²) in [5.74, 6) is -0.576. The third kappa shape index (κ3) is 4.82. The second-order valence-electron chi connectivity index (χ2n) is 6.62. The number of carbonyl (C=O) groups excluding carboxylic acids is 1. The van der Waals surface area contributed by atoms with Crippen molar-refractivity contribution in [2.45, 2.75) is 37.5 Å². The molecule has 0 heterocycles. The Hall–Kier alpha value is -2.43. The van der Waals surface area contributed by atoms with Crippen molar-refractivity contribution in [2.24, 2.45) is 0 Å². The normalized spacial score (nSPS) is 12.1. The van der Waals surface area contributed by atoms with E-state index in [2.05, 4.69) is 9.46 Å². The van der Waals surface area contributed by atoms with Crippen LogP contribution in [-0.2, 0) is 24.8 Å². The largest absolute Gasteiger partial charge is 0.465 e. The highest BCUT2D eigenvalue weighted by Crippen LogP contribution is 2.28. The lowest BCUT2D eigenvalue weighted by Crippen LogP contribution is -2.30. The van der Waals surface area contributed by atoms with Gasteiger partial charge < -0.3 is 4.74 Å². The minimum Gasteiger partial charge on any atom is -0.465 e. The van der Waals surface area contributed by atoms with E-state index in [0.717, 1.165) is 0 Å². The Kier molecular flexibility index (Phi) is 7.27. The highest BCUT2D eigenvalue weighted by atomic mass is 32.2. The Bertz CT molecular complexity index is 1140. The van der Waals surface area contributed by atoms with Gasteiger partial charge in [0.2, 0.25) is 10.0 Å². The van der Waals surface area contributed by atoms with E-state index in [0.29, 0.717) is 24.2 Å². The standard InChI is InChI=1S/C20H26N2O6S2/c1-6-22(7-2)30(26,27)18-12-14(3)15(4)19(13-18)21-29(24,25)17-10-8-16(9-11-17)20(23)28-5/h8-13,21H,6-7H2,1-5H3. The predicted molar refractivity (Wildman–Crippen MR) is 115 cm³/mol. The number of hydrogen-bond donors (Lipinski definition) is 1. The highest BCUT2D eigenvalue weighted by Gasteiger charge is 2.24. The summed E-state index contributed by atoms with van der Waals surface area (Å²) in [6, 6.07) is 8.13. The van der Waals surface area contributed by atoms with Gasteiger partial charge in [-0.15, -0.1) is 0 Å². The van der Waals surface area contributed by atoms with Crippen molar-refractivity contribution in [1.29, 1.82) is 0 Å². The van der Waals surface area contributed by atoms with Crippen molar-refractivity contribution < 1.29 is 26.4 Å². The molecule has 0 saturated heterocycles. The number of nitrogens with one attached hydrogen (secondary N) is 1. The van der Waals surface area contributed by atoms with Gasteiger partial charge in [-0.25, -0.2) is 21.6 Å². The predicted octanol–water partition coefficient (Wildman–Crippen LogP) is 2.92. The molecule has 0 radical (unpaired) electrons. The number of benzene rings is 2. The first-order valence-electron chi connectivity index (χ1n) is 9.30. The molecule has 30 heavy (non-hydrogen) atoms. The first kappa shape index (κ1) is 23.8. The number of nitrogens with zero attached hydrogens (tertiary/aromatic N) is 1. The Balaban J connectivity index is 2.47. The fourth-order valence-corrected chi connectivity index (χ4v) is 5.57. The topological polar surface area (TPSA) is 110 Å². The number of hydrogen-bond acceptors (Lipinski definition) is 6. The molecule has 2 aromatic rings. The fraction of sp³-hybridized carbons (Fsp3) is 0.350. The molecule has 2 rings (SSSR count). The molecule has 164 valence electrons. The van der Waals surface area contributed by atoms with Crippen LogP contribution in [0.2, 0.25) is 0 Å². The number of esters is 1. The number of anilines is 1. The van der Waals surface area contributed by atoms with E-state index in [1.54, 1.807) is 27.7 Å². The molecule has 2 aromatic carbocycles. The highest BCUT2D eigenvalue weighted by molar-refractivity contribution is 7.92. The van der Waals surface area contributed by atoms with Gasteiger partial charge in [0.1, 0.15) is 0 Å². The van der Waals surface area contributed by atoms with Crippen molar-refractivity contribution in [3.05, 3.63) is 53.1 Å². The van der Waals surface area contributed by atoms with Crippen molar-refractivity contribution in [3.8, 4) is 0 Å². The summed E-state index contributed by atoms with van der Waals surface area (Å²) in [5, 5.41) is 0. The van der Waals surface area contributed by atoms with Crippen LogP contribution < -0.4 is 4.72 Å². The molecule has 0 fully saturated rings. The van der Waals surface area contributed by atoms with Gasteiger partial charge in [-0.3, -0.25) is 4.72 Å². The van der Waals surface area contributed by atoms with Crippen LogP contribution >= 0.6 is 0 Å². The molecule has 0 amide bonds. The first-order chi connectivity index (χ1) is 14.0. The molecule has 1 N–H and O–H groups in total. The van der Waals surface area contributed by atoms with Gasteiger partial charge in [-0.1, -0.05) is 13.8 Å². The zero-order valence-corrected chi connectivity index (χ0v) is 19.2. The third-order valence-electron chi connectivity index (χ3n) is 4.81. The lowest BCUT2D eigenvalue weighted by Gasteiger charge is -2.20. The molecule has 8 nitrogen and oxygen atoms in total. The van der Waals surface area contributed by atoms with Gasteiger partial charge in [-0.2, -0.15) is 4.31 Å². The zero-order valence-electron chi connectivity index (χ0n) is 17.6. The molecule has 0 spiro atoms. The minimum absolute atomic E-state index is 0.0213. The summed E-state index contributed by atoms with van der Waals surface area (Å²) in [5.41, 5.74) is 1.65. The maximum Gasteiger partial charge on any atom is 0.337 e. The van der Waals surface area contributed by atoms with E-state index >= 15 is 0 Å². The number of ether oxygens (including phenoxy) is 1. The van der Waals surface area contributed by atoms with Crippen molar-refractivity contribution in [1.82, 2.24) is 4.31 Å². The van der Waals surface area contributed by atoms with Gasteiger partial charge in [0, 0.05) is 13.1 Å². The number of sulfonamides is 2. The summed E-state index contributed by atoms with van der Waals surface area (Å²) in [7, 11) is -6.53. The molecule has 0 atom stereocenters. The number of carbonyl (C=O) groups is 1. The summed E-state index contributed by atoms with van der Waals surface area (Å²) >= 11 is 0. The Morgan fingerprint density at radius 1 is 0.967 bits per heavy atom. The molecule has 0 aliphatic rings. The lowest BCUT2D eigenvalue weighted by atomic mass is 10.1. The molecule has 0 aliphatic heterocycles.